The van der Waals surface area contributed by atoms with Crippen LogP contribution in [0, 0.1) is 0 Å². The van der Waals surface area contributed by atoms with Gasteiger partial charge >= 0.3 is 5.56 Å². The highest BCUT2D eigenvalue weighted by molar-refractivity contribution is 7.88. The Morgan fingerprint density at radius 1 is 0.771 bits per heavy atom. The number of rotatable bonds is 11. The molecule has 0 aliphatic carbocycles. The van der Waals surface area contributed by atoms with E-state index in [4.69, 9.17) is 9.72 Å². The normalized spacial score (nSPS) is 16.4. The molecule has 2 aromatic heterocycles. The van der Waals surface area contributed by atoms with E-state index in [-0.39, 0.29) is 17.1 Å². The Morgan fingerprint density at radius 3 is 2.17 bits per heavy atom. The van der Waals surface area contributed by atoms with Crippen molar-refractivity contribution in [3.63, 3.8) is 0 Å². The first-order valence-electron chi connectivity index (χ1n) is 16.3. The van der Waals surface area contributed by atoms with Crippen molar-refractivity contribution in [1.29, 1.82) is 0 Å². The minimum atomic E-state index is -3.47. The largest absolute Gasteiger partial charge is 0.486 e. The Labute approximate surface area is 284 Å². The van der Waals surface area contributed by atoms with Crippen molar-refractivity contribution in [2.24, 2.45) is 0 Å². The lowest BCUT2D eigenvalue weighted by Gasteiger charge is -2.36. The van der Waals surface area contributed by atoms with E-state index in [1.54, 1.807) is 17.5 Å². The van der Waals surface area contributed by atoms with E-state index in [0.29, 0.717) is 44.2 Å². The smallest absolute Gasteiger partial charge is 0.316 e. The van der Waals surface area contributed by atoms with E-state index in [1.807, 2.05) is 71.6 Å². The number of hydrogen-bond acceptors (Lipinski definition) is 10. The Balaban J connectivity index is 0.985. The van der Waals surface area contributed by atoms with E-state index < -0.39 is 10.0 Å². The standard InChI is InChI=1S/C35H39N7O4S2/c43-34-33(46-25-9-16-38-17-19-40(20-18-38)35-37-30-14-7-8-15-32(30)47-35)31(26-36-42(34)29-12-5-2-6-13-29)39-21-23-41(24-22-39)48(44,45)27-28-10-3-1-4-11-28/h1-8,10-15,26H,9,16-25,27H2. The summed E-state index contributed by atoms with van der Waals surface area (Å²) in [6.45, 7) is 6.46. The first-order valence-corrected chi connectivity index (χ1v) is 18.8. The van der Waals surface area contributed by atoms with Crippen LogP contribution < -0.4 is 20.1 Å². The number of aromatic nitrogens is 3. The first kappa shape index (κ1) is 32.3. The van der Waals surface area contributed by atoms with Crippen molar-refractivity contribution in [2.45, 2.75) is 12.2 Å². The predicted octanol–water partition coefficient (Wildman–Crippen LogP) is 4.09. The summed E-state index contributed by atoms with van der Waals surface area (Å²) in [6.07, 6.45) is 2.43. The molecule has 2 fully saturated rings. The average Bonchev–Trinajstić information content (AvgIpc) is 3.56. The summed E-state index contributed by atoms with van der Waals surface area (Å²) < 4.78 is 36.7. The second kappa shape index (κ2) is 14.4. The van der Waals surface area contributed by atoms with Gasteiger partial charge in [-0.25, -0.2) is 13.4 Å². The monoisotopic (exact) mass is 685 g/mol. The van der Waals surface area contributed by atoms with Crippen LogP contribution >= 0.6 is 11.3 Å². The van der Waals surface area contributed by atoms with Gasteiger partial charge in [-0.05, 0) is 36.2 Å². The molecule has 0 saturated carbocycles. The molecule has 7 rings (SSSR count). The number of piperazine rings is 2. The van der Waals surface area contributed by atoms with Crippen molar-refractivity contribution >= 4 is 42.4 Å². The van der Waals surface area contributed by atoms with Crippen molar-refractivity contribution < 1.29 is 13.2 Å². The minimum absolute atomic E-state index is 0.0338. The molecule has 2 aliphatic heterocycles. The fraction of sp³-hybridized carbons (Fsp3) is 0.343. The highest BCUT2D eigenvalue weighted by Crippen LogP contribution is 2.30. The molecule has 250 valence electrons. The molecule has 13 heteroatoms. The molecule has 3 aromatic carbocycles. The second-order valence-electron chi connectivity index (χ2n) is 12.0. The summed E-state index contributed by atoms with van der Waals surface area (Å²) in [5.41, 5.74) is 2.73. The molecule has 11 nitrogen and oxygen atoms in total. The van der Waals surface area contributed by atoms with Gasteiger partial charge in [0.2, 0.25) is 15.8 Å². The Bertz CT molecular complexity index is 1960. The minimum Gasteiger partial charge on any atom is -0.486 e. The van der Waals surface area contributed by atoms with Crippen LogP contribution in [0.5, 0.6) is 5.75 Å². The Hall–Kier alpha value is -4.30. The fourth-order valence-electron chi connectivity index (χ4n) is 6.25. The average molecular weight is 686 g/mol. The highest BCUT2D eigenvalue weighted by atomic mass is 32.2. The van der Waals surface area contributed by atoms with Crippen LogP contribution in [0.15, 0.2) is 95.9 Å². The number of para-hydroxylation sites is 2. The summed E-state index contributed by atoms with van der Waals surface area (Å²) in [7, 11) is -3.47. The molecule has 0 spiro atoms. The van der Waals surface area contributed by atoms with Crippen LogP contribution in [0.25, 0.3) is 15.9 Å². The molecule has 5 aromatic rings. The summed E-state index contributed by atoms with van der Waals surface area (Å²) in [4.78, 5) is 25.4. The van der Waals surface area contributed by atoms with Gasteiger partial charge in [0.05, 0.1) is 34.5 Å². The van der Waals surface area contributed by atoms with E-state index in [1.165, 1.54) is 13.7 Å². The van der Waals surface area contributed by atoms with Crippen LogP contribution in [-0.2, 0) is 15.8 Å². The lowest BCUT2D eigenvalue weighted by molar-refractivity contribution is 0.223. The van der Waals surface area contributed by atoms with E-state index >= 15 is 0 Å². The van der Waals surface area contributed by atoms with Gasteiger partial charge in [0.15, 0.2) is 5.13 Å². The maximum absolute atomic E-state index is 13.8. The van der Waals surface area contributed by atoms with Crippen LogP contribution in [0.1, 0.15) is 12.0 Å². The van der Waals surface area contributed by atoms with Gasteiger partial charge in [-0.2, -0.15) is 14.1 Å². The SMILES string of the molecule is O=c1c(OCCCN2CCN(c3nc4ccccc4s3)CC2)c(N2CCN(S(=O)(=O)Cc3ccccc3)CC2)cnn1-c1ccccc1. The third-order valence-electron chi connectivity index (χ3n) is 8.87. The number of sulfonamides is 1. The zero-order valence-corrected chi connectivity index (χ0v) is 28.4. The number of benzene rings is 3. The fourth-order valence-corrected chi connectivity index (χ4v) is 8.78. The molecule has 0 radical (unpaired) electrons. The maximum atomic E-state index is 13.8. The predicted molar refractivity (Wildman–Crippen MR) is 191 cm³/mol. The summed E-state index contributed by atoms with van der Waals surface area (Å²) in [6, 6.07) is 26.8. The molecule has 2 aliphatic rings. The van der Waals surface area contributed by atoms with E-state index in [9.17, 15) is 13.2 Å². The summed E-state index contributed by atoms with van der Waals surface area (Å²) in [5.74, 6) is 0.212. The van der Waals surface area contributed by atoms with Crippen molar-refractivity contribution in [2.75, 3.05) is 75.3 Å². The van der Waals surface area contributed by atoms with Crippen LogP contribution in [0.2, 0.25) is 0 Å². The molecule has 0 unspecified atom stereocenters. The van der Waals surface area contributed by atoms with Gasteiger partial charge in [-0.15, -0.1) is 0 Å². The van der Waals surface area contributed by atoms with Crippen molar-refractivity contribution in [3.8, 4) is 11.4 Å². The van der Waals surface area contributed by atoms with Crippen molar-refractivity contribution in [3.05, 3.63) is 107 Å². The molecule has 0 amide bonds. The molecule has 0 bridgehead atoms. The highest BCUT2D eigenvalue weighted by Gasteiger charge is 2.29. The van der Waals surface area contributed by atoms with Gasteiger partial charge in [-0.3, -0.25) is 9.69 Å². The molecule has 0 atom stereocenters. The molecule has 0 N–H and O–H groups in total. The third-order valence-corrected chi connectivity index (χ3v) is 11.8. The molecular formula is C35H39N7O4S2. The zero-order chi connectivity index (χ0) is 32.9. The van der Waals surface area contributed by atoms with E-state index in [2.05, 4.69) is 33.1 Å². The van der Waals surface area contributed by atoms with Gasteiger partial charge in [-0.1, -0.05) is 72.0 Å². The molecule has 48 heavy (non-hydrogen) atoms. The van der Waals surface area contributed by atoms with E-state index in [0.717, 1.165) is 55.4 Å². The summed E-state index contributed by atoms with van der Waals surface area (Å²) >= 11 is 1.74. The van der Waals surface area contributed by atoms with Crippen LogP contribution in [0.4, 0.5) is 10.8 Å². The quantitative estimate of drug-likeness (QED) is 0.190. The van der Waals surface area contributed by atoms with Crippen LogP contribution in [0.3, 0.4) is 0 Å². The van der Waals surface area contributed by atoms with Gasteiger partial charge in [0.25, 0.3) is 0 Å². The Kier molecular flexibility index (Phi) is 9.71. The number of anilines is 2. The third kappa shape index (κ3) is 7.24. The second-order valence-corrected chi connectivity index (χ2v) is 15.0. The lowest BCUT2D eigenvalue weighted by atomic mass is 10.2. The zero-order valence-electron chi connectivity index (χ0n) is 26.7. The number of nitrogens with zero attached hydrogens (tertiary/aromatic N) is 7. The first-order chi connectivity index (χ1) is 23.4. The van der Waals surface area contributed by atoms with Crippen molar-refractivity contribution in [1.82, 2.24) is 24.0 Å². The van der Waals surface area contributed by atoms with Crippen LogP contribution in [-0.4, -0.2) is 97.9 Å². The van der Waals surface area contributed by atoms with Gasteiger partial charge in [0, 0.05) is 58.9 Å². The van der Waals surface area contributed by atoms with Gasteiger partial charge in [0.1, 0.15) is 5.69 Å². The molecule has 4 heterocycles. The molecule has 2 saturated heterocycles. The maximum Gasteiger partial charge on any atom is 0.316 e. The number of thiazole rings is 1. The number of hydrogen-bond donors (Lipinski definition) is 0. The molecular weight excluding hydrogens is 647 g/mol. The Morgan fingerprint density at radius 2 is 1.44 bits per heavy atom. The van der Waals surface area contributed by atoms with Gasteiger partial charge < -0.3 is 14.5 Å². The topological polar surface area (TPSA) is 104 Å². The number of fused-ring (bicyclic) bond motifs is 1. The number of ether oxygens (including phenoxy) is 1. The lowest BCUT2D eigenvalue weighted by Crippen LogP contribution is -2.49. The summed E-state index contributed by atoms with van der Waals surface area (Å²) in [5, 5.41) is 5.57.